The molecule has 0 N–H and O–H groups in total. The largest absolute Gasteiger partial charge is 0.435 e. The second kappa shape index (κ2) is 8.03. The minimum atomic E-state index is -4.79. The average molecular weight is 482 g/mol. The zero-order chi connectivity index (χ0) is 22.3. The van der Waals surface area contributed by atoms with Gasteiger partial charge in [0.1, 0.15) is 0 Å². The van der Waals surface area contributed by atoms with Gasteiger partial charge in [-0.2, -0.15) is 21.6 Å². The summed E-state index contributed by atoms with van der Waals surface area (Å²) in [5.74, 6) is 0. The topological polar surface area (TPSA) is 65.0 Å². The lowest BCUT2D eigenvalue weighted by atomic mass is 9.86. The predicted octanol–water partition coefficient (Wildman–Crippen LogP) is 5.36. The van der Waals surface area contributed by atoms with Crippen molar-refractivity contribution in [1.29, 1.82) is 0 Å². The fraction of sp³-hybridized carbons (Fsp3) is 0.316. The van der Waals surface area contributed by atoms with Gasteiger partial charge >= 0.3 is 6.18 Å². The van der Waals surface area contributed by atoms with Gasteiger partial charge in [0, 0.05) is 22.0 Å². The highest BCUT2D eigenvalue weighted by Crippen LogP contribution is 2.49. The third kappa shape index (κ3) is 4.74. The first-order chi connectivity index (χ1) is 13.8. The molecule has 2 aromatic rings. The van der Waals surface area contributed by atoms with Crippen molar-refractivity contribution in [1.82, 2.24) is 0 Å². The first kappa shape index (κ1) is 22.9. The summed E-state index contributed by atoms with van der Waals surface area (Å²) in [5, 5.41) is 3.79. The summed E-state index contributed by atoms with van der Waals surface area (Å²) < 4.78 is 69.2. The van der Waals surface area contributed by atoms with Crippen LogP contribution in [0.3, 0.4) is 0 Å². The van der Waals surface area contributed by atoms with Crippen LogP contribution in [0.25, 0.3) is 0 Å². The highest BCUT2D eigenvalue weighted by molar-refractivity contribution is 7.85. The zero-order valence-electron chi connectivity index (χ0n) is 15.8. The lowest BCUT2D eigenvalue weighted by Gasteiger charge is -2.29. The molecular weight excluding hydrogens is 466 g/mol. The normalized spacial score (nSPS) is 19.5. The Hall–Kier alpha value is -1.81. The molecule has 0 radical (unpaired) electrons. The summed E-state index contributed by atoms with van der Waals surface area (Å²) in [5.41, 5.74) is -1.26. The van der Waals surface area contributed by atoms with Gasteiger partial charge in [-0.05, 0) is 47.9 Å². The molecule has 0 spiro atoms. The molecule has 0 amide bonds. The predicted molar refractivity (Wildman–Crippen MR) is 107 cm³/mol. The fourth-order valence-corrected chi connectivity index (χ4v) is 3.92. The Morgan fingerprint density at radius 3 is 2.33 bits per heavy atom. The Morgan fingerprint density at radius 2 is 1.80 bits per heavy atom. The van der Waals surface area contributed by atoms with Crippen LogP contribution in [0.4, 0.5) is 13.2 Å². The van der Waals surface area contributed by atoms with Crippen LogP contribution in [0.15, 0.2) is 41.6 Å². The van der Waals surface area contributed by atoms with Gasteiger partial charge in [0.25, 0.3) is 15.7 Å². The van der Waals surface area contributed by atoms with E-state index in [1.807, 2.05) is 0 Å². The second-order valence-electron chi connectivity index (χ2n) is 6.90. The van der Waals surface area contributed by atoms with E-state index >= 15 is 0 Å². The molecule has 2 aromatic carbocycles. The van der Waals surface area contributed by atoms with Gasteiger partial charge in [-0.3, -0.25) is 4.18 Å². The van der Waals surface area contributed by atoms with Crippen LogP contribution in [-0.4, -0.2) is 26.6 Å². The van der Waals surface area contributed by atoms with Crippen molar-refractivity contribution in [3.8, 4) is 0 Å². The molecule has 1 aliphatic heterocycles. The van der Waals surface area contributed by atoms with Crippen LogP contribution in [0.1, 0.15) is 28.7 Å². The minimum Gasteiger partial charge on any atom is -0.374 e. The Kier molecular flexibility index (Phi) is 6.12. The molecule has 1 unspecified atom stereocenters. The van der Waals surface area contributed by atoms with Crippen molar-refractivity contribution in [2.45, 2.75) is 31.7 Å². The number of aryl methyl sites for hydroxylation is 1. The van der Waals surface area contributed by atoms with Crippen molar-refractivity contribution < 1.29 is 30.6 Å². The molecule has 1 aliphatic rings. The van der Waals surface area contributed by atoms with Crippen molar-refractivity contribution in [2.24, 2.45) is 5.16 Å². The van der Waals surface area contributed by atoms with E-state index in [0.29, 0.717) is 16.7 Å². The third-order valence-electron chi connectivity index (χ3n) is 4.62. The van der Waals surface area contributed by atoms with E-state index in [-0.39, 0.29) is 27.9 Å². The van der Waals surface area contributed by atoms with Gasteiger partial charge in [0.05, 0.1) is 18.6 Å². The van der Waals surface area contributed by atoms with E-state index in [4.69, 9.17) is 32.2 Å². The Labute approximate surface area is 181 Å². The maximum absolute atomic E-state index is 14.1. The van der Waals surface area contributed by atoms with E-state index in [2.05, 4.69) is 5.16 Å². The molecule has 0 saturated carbocycles. The van der Waals surface area contributed by atoms with Crippen LogP contribution >= 0.6 is 23.2 Å². The molecule has 162 valence electrons. The highest BCUT2D eigenvalue weighted by atomic mass is 35.5. The smallest absolute Gasteiger partial charge is 0.374 e. The Balaban J connectivity index is 1.92. The van der Waals surface area contributed by atoms with Crippen molar-refractivity contribution >= 4 is 39.0 Å². The summed E-state index contributed by atoms with van der Waals surface area (Å²) in [6, 6.07) is 8.33. The molecule has 1 atom stereocenters. The highest BCUT2D eigenvalue weighted by Gasteiger charge is 2.62. The zero-order valence-corrected chi connectivity index (χ0v) is 18.1. The quantitative estimate of drug-likeness (QED) is 0.539. The van der Waals surface area contributed by atoms with Crippen molar-refractivity contribution in [3.63, 3.8) is 0 Å². The van der Waals surface area contributed by atoms with Gasteiger partial charge in [0.15, 0.2) is 0 Å². The number of nitrogens with zero attached hydrogens (tertiary/aromatic N) is 1. The Bertz CT molecular complexity index is 1100. The van der Waals surface area contributed by atoms with Crippen LogP contribution in [0, 0.1) is 6.92 Å². The molecule has 0 fully saturated rings. The number of benzene rings is 2. The van der Waals surface area contributed by atoms with Gasteiger partial charge in [-0.1, -0.05) is 40.5 Å². The molecule has 0 aromatic heterocycles. The van der Waals surface area contributed by atoms with Gasteiger partial charge in [0.2, 0.25) is 0 Å². The fourth-order valence-electron chi connectivity index (χ4n) is 3.05. The van der Waals surface area contributed by atoms with E-state index in [1.54, 1.807) is 19.1 Å². The third-order valence-corrected chi connectivity index (χ3v) is 5.60. The first-order valence-electron chi connectivity index (χ1n) is 8.53. The lowest BCUT2D eigenvalue weighted by Crippen LogP contribution is -2.42. The molecule has 30 heavy (non-hydrogen) atoms. The monoisotopic (exact) mass is 481 g/mol. The average Bonchev–Trinajstić information content (AvgIpc) is 3.05. The van der Waals surface area contributed by atoms with Crippen molar-refractivity contribution in [3.05, 3.63) is 68.7 Å². The van der Waals surface area contributed by atoms with E-state index < -0.39 is 28.3 Å². The first-order valence-corrected chi connectivity index (χ1v) is 11.1. The van der Waals surface area contributed by atoms with E-state index in [9.17, 15) is 21.6 Å². The van der Waals surface area contributed by atoms with Gasteiger partial charge in [-0.25, -0.2) is 0 Å². The standard InChI is InChI=1S/C19H16Cl2F3NO4S/c1-11-5-12(3-4-13(11)10-28-30(2,26)27)17-9-18(29-25-17,19(22,23)24)14-6-15(20)8-16(21)7-14/h3-8H,9-10H2,1-2H3. The summed E-state index contributed by atoms with van der Waals surface area (Å²) in [6.45, 7) is 1.51. The number of alkyl halides is 3. The molecule has 5 nitrogen and oxygen atoms in total. The summed E-state index contributed by atoms with van der Waals surface area (Å²) >= 11 is 11.8. The summed E-state index contributed by atoms with van der Waals surface area (Å²) in [4.78, 5) is 4.97. The van der Waals surface area contributed by atoms with Crippen molar-refractivity contribution in [2.75, 3.05) is 6.26 Å². The molecule has 1 heterocycles. The maximum Gasteiger partial charge on any atom is 0.435 e. The van der Waals surface area contributed by atoms with Crippen LogP contribution in [-0.2, 0) is 31.3 Å². The number of hydrogen-bond acceptors (Lipinski definition) is 5. The SMILES string of the molecule is Cc1cc(C2=NOC(c3cc(Cl)cc(Cl)c3)(C(F)(F)F)C2)ccc1COS(C)(=O)=O. The van der Waals surface area contributed by atoms with Crippen LogP contribution in [0.2, 0.25) is 10.0 Å². The number of oxime groups is 1. The van der Waals surface area contributed by atoms with Crippen LogP contribution in [0.5, 0.6) is 0 Å². The summed E-state index contributed by atoms with van der Waals surface area (Å²) in [6.07, 6.45) is -4.43. The molecule has 0 bridgehead atoms. The maximum atomic E-state index is 14.1. The minimum absolute atomic E-state index is 0.0456. The van der Waals surface area contributed by atoms with Gasteiger partial charge in [-0.15, -0.1) is 0 Å². The molecule has 0 aliphatic carbocycles. The van der Waals surface area contributed by atoms with Crippen LogP contribution < -0.4 is 0 Å². The Morgan fingerprint density at radius 1 is 1.17 bits per heavy atom. The number of hydrogen-bond donors (Lipinski definition) is 0. The van der Waals surface area contributed by atoms with E-state index in [0.717, 1.165) is 18.4 Å². The molecule has 11 heteroatoms. The molecule has 0 saturated heterocycles. The molecular formula is C19H16Cl2F3NO4S. The molecule has 3 rings (SSSR count). The van der Waals surface area contributed by atoms with E-state index in [1.165, 1.54) is 12.1 Å². The number of rotatable bonds is 5. The van der Waals surface area contributed by atoms with Gasteiger partial charge < -0.3 is 4.84 Å². The second-order valence-corrected chi connectivity index (χ2v) is 9.41. The summed E-state index contributed by atoms with van der Waals surface area (Å²) in [7, 11) is -3.62. The number of halogens is 5. The lowest BCUT2D eigenvalue weighted by molar-refractivity contribution is -0.275.